The van der Waals surface area contributed by atoms with E-state index in [-0.39, 0.29) is 24.0 Å². The minimum atomic E-state index is 0. The molecule has 19 heavy (non-hydrogen) atoms. The van der Waals surface area contributed by atoms with E-state index in [0.29, 0.717) is 0 Å². The van der Waals surface area contributed by atoms with Crippen molar-refractivity contribution in [1.29, 1.82) is 0 Å². The van der Waals surface area contributed by atoms with Gasteiger partial charge in [0, 0.05) is 39.6 Å². The van der Waals surface area contributed by atoms with Crippen molar-refractivity contribution in [1.82, 2.24) is 19.8 Å². The van der Waals surface area contributed by atoms with Crippen LogP contribution in [0.5, 0.6) is 0 Å². The molecule has 5 nitrogen and oxygen atoms in total. The normalized spacial score (nSPS) is 17.2. The Morgan fingerprint density at radius 3 is 2.68 bits per heavy atom. The summed E-state index contributed by atoms with van der Waals surface area (Å²) in [6.07, 6.45) is 6.29. The summed E-state index contributed by atoms with van der Waals surface area (Å²) in [6.45, 7) is 5.24. The number of imidazole rings is 1. The van der Waals surface area contributed by atoms with Gasteiger partial charge in [0.1, 0.15) is 5.82 Å². The predicted molar refractivity (Wildman–Crippen MR) is 88.8 cm³/mol. The molecule has 0 saturated carbocycles. The zero-order chi connectivity index (χ0) is 13.0. The lowest BCUT2D eigenvalue weighted by Gasteiger charge is -2.32. The van der Waals surface area contributed by atoms with Crippen LogP contribution in [0, 0.1) is 5.92 Å². The molecule has 0 bridgehead atoms. The zero-order valence-corrected chi connectivity index (χ0v) is 14.3. The van der Waals surface area contributed by atoms with E-state index in [1.165, 1.54) is 12.8 Å². The Bertz CT molecular complexity index is 407. The van der Waals surface area contributed by atoms with Crippen LogP contribution in [-0.4, -0.2) is 40.5 Å². The molecule has 0 amide bonds. The van der Waals surface area contributed by atoms with Crippen molar-refractivity contribution in [2.45, 2.75) is 26.3 Å². The van der Waals surface area contributed by atoms with Gasteiger partial charge in [-0.05, 0) is 18.8 Å². The third kappa shape index (κ3) is 4.36. The molecule has 2 rings (SSSR count). The molecule has 0 unspecified atom stereocenters. The predicted octanol–water partition coefficient (Wildman–Crippen LogP) is 1.85. The molecule has 2 heterocycles. The van der Waals surface area contributed by atoms with Gasteiger partial charge in [0.05, 0.1) is 6.54 Å². The van der Waals surface area contributed by atoms with E-state index >= 15 is 0 Å². The number of aliphatic imine (C=N–C) groups is 1. The molecule has 0 aliphatic carbocycles. The molecule has 1 fully saturated rings. The minimum absolute atomic E-state index is 0. The summed E-state index contributed by atoms with van der Waals surface area (Å²) in [5, 5.41) is 3.39. The first-order valence-corrected chi connectivity index (χ1v) is 6.62. The van der Waals surface area contributed by atoms with E-state index in [1.54, 1.807) is 0 Å². The van der Waals surface area contributed by atoms with Gasteiger partial charge in [-0.1, -0.05) is 6.92 Å². The van der Waals surface area contributed by atoms with Crippen LogP contribution >= 0.6 is 24.0 Å². The van der Waals surface area contributed by atoms with E-state index in [9.17, 15) is 0 Å². The molecular weight excluding hydrogens is 353 g/mol. The molecule has 0 atom stereocenters. The maximum Gasteiger partial charge on any atom is 0.194 e. The maximum absolute atomic E-state index is 4.36. The SMILES string of the molecule is CN=C(NCc1nccn1C)N1CCC(C)CC1.I. The number of rotatable bonds is 2. The van der Waals surface area contributed by atoms with E-state index in [2.05, 4.69) is 27.1 Å². The number of likely N-dealkylation sites (tertiary alicyclic amines) is 1. The molecule has 0 radical (unpaired) electrons. The maximum atomic E-state index is 4.36. The molecule has 1 aliphatic heterocycles. The standard InChI is InChI=1S/C13H23N5.HI/c1-11-4-7-18(8-5-11)13(14-2)16-10-12-15-6-9-17(12)3;/h6,9,11H,4-5,7-8,10H2,1-3H3,(H,14,16);1H. The van der Waals surface area contributed by atoms with Gasteiger partial charge >= 0.3 is 0 Å². The Morgan fingerprint density at radius 2 is 2.16 bits per heavy atom. The number of hydrogen-bond donors (Lipinski definition) is 1. The largest absolute Gasteiger partial charge is 0.349 e. The van der Waals surface area contributed by atoms with E-state index in [1.807, 2.05) is 31.1 Å². The van der Waals surface area contributed by atoms with Gasteiger partial charge in [-0.2, -0.15) is 0 Å². The second kappa shape index (κ2) is 7.72. The Kier molecular flexibility index (Phi) is 6.60. The molecule has 6 heteroatoms. The number of aryl methyl sites for hydroxylation is 1. The van der Waals surface area contributed by atoms with Crippen LogP contribution in [-0.2, 0) is 13.6 Å². The molecule has 108 valence electrons. The topological polar surface area (TPSA) is 45.5 Å². The van der Waals surface area contributed by atoms with Crippen molar-refractivity contribution in [2.24, 2.45) is 18.0 Å². The van der Waals surface area contributed by atoms with E-state index < -0.39 is 0 Å². The molecular formula is C13H24IN5. The Balaban J connectivity index is 0.00000180. The lowest BCUT2D eigenvalue weighted by Crippen LogP contribution is -2.45. The van der Waals surface area contributed by atoms with Crippen LogP contribution in [0.1, 0.15) is 25.6 Å². The summed E-state index contributed by atoms with van der Waals surface area (Å²) >= 11 is 0. The number of hydrogen-bond acceptors (Lipinski definition) is 2. The molecule has 1 aromatic rings. The quantitative estimate of drug-likeness (QED) is 0.486. The minimum Gasteiger partial charge on any atom is -0.349 e. The monoisotopic (exact) mass is 377 g/mol. The first-order valence-electron chi connectivity index (χ1n) is 6.62. The summed E-state index contributed by atoms with van der Waals surface area (Å²) in [6, 6.07) is 0. The van der Waals surface area contributed by atoms with Crippen LogP contribution in [0.2, 0.25) is 0 Å². The Morgan fingerprint density at radius 1 is 1.47 bits per heavy atom. The van der Waals surface area contributed by atoms with Crippen LogP contribution in [0.25, 0.3) is 0 Å². The van der Waals surface area contributed by atoms with E-state index in [0.717, 1.165) is 37.3 Å². The van der Waals surface area contributed by atoms with Crippen molar-refractivity contribution >= 4 is 29.9 Å². The highest BCUT2D eigenvalue weighted by atomic mass is 127. The molecule has 1 aromatic heterocycles. The van der Waals surface area contributed by atoms with Gasteiger partial charge < -0.3 is 14.8 Å². The van der Waals surface area contributed by atoms with Gasteiger partial charge in [-0.25, -0.2) is 4.98 Å². The van der Waals surface area contributed by atoms with Gasteiger partial charge in [0.25, 0.3) is 0 Å². The molecule has 1 aliphatic rings. The second-order valence-electron chi connectivity index (χ2n) is 5.02. The fourth-order valence-electron chi connectivity index (χ4n) is 2.28. The third-order valence-corrected chi connectivity index (χ3v) is 3.62. The van der Waals surface area contributed by atoms with Gasteiger partial charge in [-0.3, -0.25) is 4.99 Å². The summed E-state index contributed by atoms with van der Waals surface area (Å²) in [4.78, 5) is 11.0. The molecule has 1 N–H and O–H groups in total. The van der Waals surface area contributed by atoms with Crippen LogP contribution in [0.3, 0.4) is 0 Å². The summed E-state index contributed by atoms with van der Waals surface area (Å²) in [5.74, 6) is 2.86. The smallest absolute Gasteiger partial charge is 0.194 e. The lowest BCUT2D eigenvalue weighted by atomic mass is 10.00. The number of halogens is 1. The molecule has 0 spiro atoms. The van der Waals surface area contributed by atoms with Gasteiger partial charge in [-0.15, -0.1) is 24.0 Å². The average molecular weight is 377 g/mol. The van der Waals surface area contributed by atoms with Gasteiger partial charge in [0.2, 0.25) is 0 Å². The number of guanidine groups is 1. The van der Waals surface area contributed by atoms with E-state index in [4.69, 9.17) is 0 Å². The highest BCUT2D eigenvalue weighted by Gasteiger charge is 2.18. The highest BCUT2D eigenvalue weighted by Crippen LogP contribution is 2.15. The fraction of sp³-hybridized carbons (Fsp3) is 0.692. The number of nitrogens with zero attached hydrogens (tertiary/aromatic N) is 4. The fourth-order valence-corrected chi connectivity index (χ4v) is 2.28. The third-order valence-electron chi connectivity index (χ3n) is 3.62. The van der Waals surface area contributed by atoms with Crippen molar-refractivity contribution in [2.75, 3.05) is 20.1 Å². The zero-order valence-electron chi connectivity index (χ0n) is 12.0. The average Bonchev–Trinajstić information content (AvgIpc) is 2.78. The number of nitrogens with one attached hydrogen (secondary N) is 1. The molecule has 0 aromatic carbocycles. The summed E-state index contributed by atoms with van der Waals surface area (Å²) < 4.78 is 2.03. The van der Waals surface area contributed by atoms with Crippen molar-refractivity contribution in [3.63, 3.8) is 0 Å². The van der Waals surface area contributed by atoms with Crippen molar-refractivity contribution < 1.29 is 0 Å². The van der Waals surface area contributed by atoms with Gasteiger partial charge in [0.15, 0.2) is 5.96 Å². The second-order valence-corrected chi connectivity index (χ2v) is 5.02. The summed E-state index contributed by atoms with van der Waals surface area (Å²) in [5.41, 5.74) is 0. The Labute approximate surface area is 132 Å². The van der Waals surface area contributed by atoms with Crippen LogP contribution < -0.4 is 5.32 Å². The lowest BCUT2D eigenvalue weighted by molar-refractivity contribution is 0.273. The number of aromatic nitrogens is 2. The first kappa shape index (κ1) is 16.3. The summed E-state index contributed by atoms with van der Waals surface area (Å²) in [7, 11) is 3.86. The van der Waals surface area contributed by atoms with Crippen LogP contribution in [0.4, 0.5) is 0 Å². The molecule has 1 saturated heterocycles. The van der Waals surface area contributed by atoms with Crippen molar-refractivity contribution in [3.8, 4) is 0 Å². The highest BCUT2D eigenvalue weighted by molar-refractivity contribution is 14.0. The number of piperidine rings is 1. The first-order chi connectivity index (χ1) is 8.70. The van der Waals surface area contributed by atoms with Crippen molar-refractivity contribution in [3.05, 3.63) is 18.2 Å². The Hall–Kier alpha value is -0.790. The van der Waals surface area contributed by atoms with Crippen LogP contribution in [0.15, 0.2) is 17.4 Å².